The van der Waals surface area contributed by atoms with Gasteiger partial charge in [0, 0.05) is 0 Å². The van der Waals surface area contributed by atoms with Crippen molar-refractivity contribution >= 4 is 24.2 Å². The molecule has 12 nitrogen and oxygen atoms in total. The van der Waals surface area contributed by atoms with E-state index in [1.54, 1.807) is 0 Å². The average molecular weight is 228 g/mol. The third kappa shape index (κ3) is 3.44. The molecule has 0 saturated carbocycles. The van der Waals surface area contributed by atoms with Crippen molar-refractivity contribution in [3.63, 3.8) is 0 Å². The first kappa shape index (κ1) is 11.2. The number of guanidine groups is 3. The highest BCUT2D eigenvalue weighted by Gasteiger charge is 2.06. The van der Waals surface area contributed by atoms with Crippen LogP contribution in [0.25, 0.3) is 0 Å². The molecular weight excluding hydrogens is 216 g/mol. The number of hydrogen-bond donors (Lipinski definition) is 8. The molecule has 0 radical (unpaired) electrons. The Morgan fingerprint density at radius 1 is 1.44 bits per heavy atom. The zero-order valence-corrected chi connectivity index (χ0v) is 8.10. The molecule has 0 amide bonds. The summed E-state index contributed by atoms with van der Waals surface area (Å²) in [6, 6.07) is 0. The topological polar surface area (TPSA) is 188 Å². The van der Waals surface area contributed by atoms with Crippen molar-refractivity contribution in [1.82, 2.24) is 27.1 Å². The number of nitrogens with two attached hydrogens (primary N) is 3. The summed E-state index contributed by atoms with van der Waals surface area (Å²) in [5.74, 6) is 5.39. The molecule has 0 aromatic carbocycles. The maximum Gasteiger partial charge on any atom is 0.253 e. The van der Waals surface area contributed by atoms with E-state index < -0.39 is 0 Å². The van der Waals surface area contributed by atoms with Gasteiger partial charge in [-0.15, -0.1) is 15.3 Å². The van der Waals surface area contributed by atoms with Crippen molar-refractivity contribution in [2.75, 3.05) is 0 Å². The van der Waals surface area contributed by atoms with E-state index in [1.165, 1.54) is 0 Å². The monoisotopic (exact) mass is 228 g/mol. The number of hydrogen-bond acceptors (Lipinski definition) is 7. The van der Waals surface area contributed by atoms with Gasteiger partial charge in [-0.3, -0.25) is 10.9 Å². The highest BCUT2D eigenvalue weighted by atomic mass is 15.6. The van der Waals surface area contributed by atoms with Crippen LogP contribution in [0.2, 0.25) is 0 Å². The molecule has 1 heterocycles. The maximum absolute atomic E-state index is 5.23. The Bertz CT molecular complexity index is 337. The lowest BCUT2D eigenvalue weighted by atomic mass is 10.9. The lowest BCUT2D eigenvalue weighted by molar-refractivity contribution is 0.707. The molecule has 16 heavy (non-hydrogen) atoms. The zero-order chi connectivity index (χ0) is 11.8. The molecule has 0 unspecified atom stereocenters. The van der Waals surface area contributed by atoms with E-state index in [4.69, 9.17) is 17.3 Å². The third-order valence-electron chi connectivity index (χ3n) is 1.24. The molecule has 1 rings (SSSR count). The van der Waals surface area contributed by atoms with E-state index >= 15 is 0 Å². The molecule has 0 bridgehead atoms. The molecule has 11 N–H and O–H groups in total. The van der Waals surface area contributed by atoms with E-state index in [1.807, 2.05) is 0 Å². The minimum absolute atomic E-state index is 0.0447. The molecule has 12 heteroatoms. The Morgan fingerprint density at radius 3 is 2.81 bits per heavy atom. The number of nitrogens with zero attached hydrogens (tertiary/aromatic N) is 4. The van der Waals surface area contributed by atoms with Gasteiger partial charge >= 0.3 is 0 Å². The van der Waals surface area contributed by atoms with Crippen molar-refractivity contribution < 1.29 is 0 Å². The summed E-state index contributed by atoms with van der Waals surface area (Å²) in [7, 11) is 0. The lowest BCUT2D eigenvalue weighted by Crippen LogP contribution is -2.56. The predicted molar refractivity (Wildman–Crippen MR) is 59.0 cm³/mol. The van der Waals surface area contributed by atoms with Gasteiger partial charge in [-0.2, -0.15) is 5.10 Å². The molecule has 0 aromatic heterocycles. The molecule has 0 aromatic rings. The van der Waals surface area contributed by atoms with Crippen LogP contribution in [0.5, 0.6) is 0 Å². The largest absolute Gasteiger partial charge is 0.388 e. The van der Waals surface area contributed by atoms with Crippen molar-refractivity contribution in [3.8, 4) is 0 Å². The van der Waals surface area contributed by atoms with Crippen molar-refractivity contribution in [3.05, 3.63) is 0 Å². The fourth-order valence-electron chi connectivity index (χ4n) is 0.630. The first-order valence-corrected chi connectivity index (χ1v) is 3.98. The quantitative estimate of drug-likeness (QED) is 0.100. The Morgan fingerprint density at radius 2 is 2.25 bits per heavy atom. The molecule has 1 aliphatic heterocycles. The third-order valence-corrected chi connectivity index (χ3v) is 1.24. The van der Waals surface area contributed by atoms with Gasteiger partial charge in [-0.25, -0.2) is 16.3 Å². The highest BCUT2D eigenvalue weighted by molar-refractivity contribution is 5.90. The standard InChI is InChI=1S/C4H12N12/c5-1-8-11-3-13-15-4(16-14-3)12-10-2(6)9-7/h1H,7H2,(H2,5,8)(H3,6,9,10)(H2,11,13,14)(H2,12,15,16). The van der Waals surface area contributed by atoms with Crippen LogP contribution in [0, 0.1) is 0 Å². The Balaban J connectivity index is 2.44. The minimum Gasteiger partial charge on any atom is -0.388 e. The Hall–Kier alpha value is -2.92. The van der Waals surface area contributed by atoms with Crippen molar-refractivity contribution in [2.45, 2.75) is 0 Å². The summed E-state index contributed by atoms with van der Waals surface area (Å²) < 4.78 is 0. The van der Waals surface area contributed by atoms with Crippen LogP contribution in [0.15, 0.2) is 20.4 Å². The van der Waals surface area contributed by atoms with Gasteiger partial charge in [0.1, 0.15) is 6.34 Å². The van der Waals surface area contributed by atoms with Gasteiger partial charge in [0.25, 0.3) is 11.9 Å². The van der Waals surface area contributed by atoms with E-state index in [0.717, 1.165) is 6.34 Å². The summed E-state index contributed by atoms with van der Waals surface area (Å²) in [4.78, 5) is 0. The van der Waals surface area contributed by atoms with Gasteiger partial charge in [0.05, 0.1) is 0 Å². The molecule has 0 fully saturated rings. The Kier molecular flexibility index (Phi) is 4.00. The summed E-state index contributed by atoms with van der Waals surface area (Å²) >= 11 is 0. The molecule has 1 aliphatic rings. The van der Waals surface area contributed by atoms with Crippen molar-refractivity contribution in [2.24, 2.45) is 37.7 Å². The minimum atomic E-state index is -0.0447. The summed E-state index contributed by atoms with van der Waals surface area (Å²) in [5.41, 5.74) is 22.9. The van der Waals surface area contributed by atoms with E-state index in [2.05, 4.69) is 47.5 Å². The van der Waals surface area contributed by atoms with Gasteiger partial charge in [0.15, 0.2) is 0 Å². The number of hydrazone groups is 4. The van der Waals surface area contributed by atoms with Crippen molar-refractivity contribution in [1.29, 1.82) is 0 Å². The summed E-state index contributed by atoms with van der Waals surface area (Å²) in [5, 5.41) is 14.2. The van der Waals surface area contributed by atoms with E-state index in [-0.39, 0.29) is 11.9 Å². The molecule has 0 spiro atoms. The second kappa shape index (κ2) is 5.74. The van der Waals surface area contributed by atoms with Gasteiger partial charge < -0.3 is 17.3 Å². The normalized spacial score (nSPS) is 18.4. The second-order valence-corrected chi connectivity index (χ2v) is 2.30. The molecular formula is C4H12N12. The number of nitrogens with one attached hydrogen (secondary N) is 5. The predicted octanol–water partition coefficient (Wildman–Crippen LogP) is -4.50. The molecule has 88 valence electrons. The maximum atomic E-state index is 5.23. The van der Waals surface area contributed by atoms with Crippen LogP contribution in [-0.2, 0) is 0 Å². The van der Waals surface area contributed by atoms with Gasteiger partial charge in [-0.1, -0.05) is 0 Å². The summed E-state index contributed by atoms with van der Waals surface area (Å²) in [6.45, 7) is 0. The van der Waals surface area contributed by atoms with Crippen LogP contribution < -0.4 is 44.4 Å². The summed E-state index contributed by atoms with van der Waals surface area (Å²) in [6.07, 6.45) is 1.08. The lowest BCUT2D eigenvalue weighted by Gasteiger charge is -2.17. The fourth-order valence-corrected chi connectivity index (χ4v) is 0.630. The first-order valence-electron chi connectivity index (χ1n) is 3.98. The Labute approximate surface area is 90.0 Å². The molecule has 0 atom stereocenters. The van der Waals surface area contributed by atoms with Crippen LogP contribution in [0.3, 0.4) is 0 Å². The number of hydrazine groups is 1. The zero-order valence-electron chi connectivity index (χ0n) is 8.10. The van der Waals surface area contributed by atoms with Crippen LogP contribution in [0.1, 0.15) is 0 Å². The van der Waals surface area contributed by atoms with Crippen LogP contribution in [0.4, 0.5) is 0 Å². The highest BCUT2D eigenvalue weighted by Crippen LogP contribution is 1.74. The average Bonchev–Trinajstić information content (AvgIpc) is 2.34. The number of rotatable bonds is 2. The SMILES string of the molecule is N/C=N\NC1=NN/C(=N/N/C(N)=N/N)NN1. The van der Waals surface area contributed by atoms with Gasteiger partial charge in [0.2, 0.25) is 5.96 Å². The van der Waals surface area contributed by atoms with Gasteiger partial charge in [-0.05, 0) is 0 Å². The first-order chi connectivity index (χ1) is 7.76. The van der Waals surface area contributed by atoms with Crippen LogP contribution >= 0.6 is 0 Å². The van der Waals surface area contributed by atoms with Crippen LogP contribution in [-0.4, -0.2) is 24.2 Å². The van der Waals surface area contributed by atoms with E-state index in [0.29, 0.717) is 5.96 Å². The van der Waals surface area contributed by atoms with E-state index in [9.17, 15) is 0 Å². The molecule has 0 aliphatic carbocycles. The second-order valence-electron chi connectivity index (χ2n) is 2.30. The smallest absolute Gasteiger partial charge is 0.253 e. The fraction of sp³-hybridized carbons (Fsp3) is 0. The molecule has 0 saturated heterocycles.